The maximum absolute atomic E-state index is 13.4. The fourth-order valence-corrected chi connectivity index (χ4v) is 4.16. The Hall–Kier alpha value is -4.00. The lowest BCUT2D eigenvalue weighted by Crippen LogP contribution is -2.41. The van der Waals surface area contributed by atoms with Gasteiger partial charge in [0.15, 0.2) is 11.5 Å². The number of fused-ring (bicyclic) bond motifs is 1. The van der Waals surface area contributed by atoms with Crippen molar-refractivity contribution in [1.29, 1.82) is 0 Å². The minimum atomic E-state index is -0.430. The molecule has 1 heterocycles. The highest BCUT2D eigenvalue weighted by Crippen LogP contribution is 2.43. The van der Waals surface area contributed by atoms with E-state index in [-0.39, 0.29) is 12.3 Å². The van der Waals surface area contributed by atoms with Crippen molar-refractivity contribution in [3.63, 3.8) is 0 Å². The molecule has 0 fully saturated rings. The molecule has 0 saturated heterocycles. The lowest BCUT2D eigenvalue weighted by molar-refractivity contribution is -0.118. The molecule has 0 radical (unpaired) electrons. The average molecular weight is 447 g/mol. The number of carbonyl (C=O) groups is 2. The van der Waals surface area contributed by atoms with E-state index < -0.39 is 12.0 Å². The summed E-state index contributed by atoms with van der Waals surface area (Å²) in [6.07, 6.45) is 0.209. The van der Waals surface area contributed by atoms with Gasteiger partial charge in [0.1, 0.15) is 5.75 Å². The normalized spacial score (nSPS) is 15.0. The second-order valence-corrected chi connectivity index (χ2v) is 7.56. The first kappa shape index (κ1) is 22.2. The third kappa shape index (κ3) is 4.09. The molecule has 33 heavy (non-hydrogen) atoms. The highest BCUT2D eigenvalue weighted by atomic mass is 16.5. The molecule has 4 rings (SSSR count). The second kappa shape index (κ2) is 9.24. The number of hydrogen-bond acceptors (Lipinski definition) is 6. The van der Waals surface area contributed by atoms with Gasteiger partial charge in [-0.2, -0.15) is 0 Å². The summed E-state index contributed by atoms with van der Waals surface area (Å²) >= 11 is 0. The van der Waals surface area contributed by atoms with Crippen molar-refractivity contribution in [2.75, 3.05) is 33.3 Å². The van der Waals surface area contributed by atoms with Gasteiger partial charge in [-0.1, -0.05) is 12.1 Å². The largest absolute Gasteiger partial charge is 0.497 e. The third-order valence-electron chi connectivity index (χ3n) is 5.81. The molecule has 0 bridgehead atoms. The van der Waals surface area contributed by atoms with Crippen molar-refractivity contribution < 1.29 is 28.5 Å². The predicted molar refractivity (Wildman–Crippen MR) is 123 cm³/mol. The maximum Gasteiger partial charge on any atom is 0.337 e. The van der Waals surface area contributed by atoms with Gasteiger partial charge in [0.25, 0.3) is 0 Å². The average Bonchev–Trinajstić information content (AvgIpc) is 2.86. The monoisotopic (exact) mass is 447 g/mol. The number of methoxy groups -OCH3 is 4. The van der Waals surface area contributed by atoms with Gasteiger partial charge in [0, 0.05) is 5.69 Å². The number of carbonyl (C=O) groups excluding carboxylic acids is 2. The molecular weight excluding hydrogens is 422 g/mol. The van der Waals surface area contributed by atoms with Crippen LogP contribution in [0.2, 0.25) is 0 Å². The summed E-state index contributed by atoms with van der Waals surface area (Å²) in [6, 6.07) is 17.8. The molecule has 1 aliphatic rings. The molecular formula is C26H25NO6. The van der Waals surface area contributed by atoms with Gasteiger partial charge in [-0.3, -0.25) is 4.79 Å². The summed E-state index contributed by atoms with van der Waals surface area (Å²) in [7, 11) is 6.11. The van der Waals surface area contributed by atoms with Gasteiger partial charge >= 0.3 is 5.97 Å². The zero-order valence-corrected chi connectivity index (χ0v) is 19.0. The summed E-state index contributed by atoms with van der Waals surface area (Å²) in [5, 5.41) is 0. The SMILES string of the molecule is COC(=O)c1ccc(N2C(=O)Cc3cc(OC)c(OC)cc3[C@H]2c2ccc(OC)cc2)cc1. The topological polar surface area (TPSA) is 74.3 Å². The Kier molecular flexibility index (Phi) is 6.22. The molecule has 7 heteroatoms. The van der Waals surface area contributed by atoms with Crippen LogP contribution in [0.15, 0.2) is 60.7 Å². The van der Waals surface area contributed by atoms with Crippen LogP contribution in [-0.2, 0) is 16.0 Å². The molecule has 1 atom stereocenters. The molecule has 0 unspecified atom stereocenters. The van der Waals surface area contributed by atoms with E-state index in [1.807, 2.05) is 36.4 Å². The molecule has 1 aliphatic heterocycles. The fraction of sp³-hybridized carbons (Fsp3) is 0.231. The Morgan fingerprint density at radius 3 is 2.06 bits per heavy atom. The van der Waals surface area contributed by atoms with Gasteiger partial charge in [-0.25, -0.2) is 4.79 Å². The summed E-state index contributed by atoms with van der Waals surface area (Å²) < 4.78 is 21.1. The lowest BCUT2D eigenvalue weighted by Gasteiger charge is -2.38. The van der Waals surface area contributed by atoms with Crippen molar-refractivity contribution >= 4 is 17.6 Å². The van der Waals surface area contributed by atoms with Crippen LogP contribution >= 0.6 is 0 Å². The van der Waals surface area contributed by atoms with E-state index in [0.29, 0.717) is 22.7 Å². The van der Waals surface area contributed by atoms with Crippen LogP contribution in [0, 0.1) is 0 Å². The van der Waals surface area contributed by atoms with Crippen LogP contribution in [0.25, 0.3) is 0 Å². The number of hydrogen-bond donors (Lipinski definition) is 0. The molecule has 0 saturated carbocycles. The van der Waals surface area contributed by atoms with Crippen molar-refractivity contribution in [3.05, 3.63) is 82.9 Å². The van der Waals surface area contributed by atoms with E-state index in [2.05, 4.69) is 0 Å². The Morgan fingerprint density at radius 2 is 1.48 bits per heavy atom. The Bertz CT molecular complexity index is 1170. The molecule has 3 aromatic carbocycles. The molecule has 0 spiro atoms. The van der Waals surface area contributed by atoms with Crippen molar-refractivity contribution in [2.24, 2.45) is 0 Å². The van der Waals surface area contributed by atoms with Gasteiger partial charge in [0.05, 0.1) is 46.5 Å². The molecule has 170 valence electrons. The number of esters is 1. The lowest BCUT2D eigenvalue weighted by atomic mass is 9.86. The molecule has 3 aromatic rings. The third-order valence-corrected chi connectivity index (χ3v) is 5.81. The van der Waals surface area contributed by atoms with Crippen molar-refractivity contribution in [3.8, 4) is 17.2 Å². The fourth-order valence-electron chi connectivity index (χ4n) is 4.16. The Balaban J connectivity index is 1.87. The Morgan fingerprint density at radius 1 is 0.848 bits per heavy atom. The summed E-state index contributed by atoms with van der Waals surface area (Å²) in [5.74, 6) is 1.39. The molecule has 0 aliphatic carbocycles. The summed E-state index contributed by atoms with van der Waals surface area (Å²) in [6.45, 7) is 0. The maximum atomic E-state index is 13.4. The van der Waals surface area contributed by atoms with E-state index in [1.54, 1.807) is 50.5 Å². The van der Waals surface area contributed by atoms with Crippen molar-refractivity contribution in [1.82, 2.24) is 0 Å². The van der Waals surface area contributed by atoms with Gasteiger partial charge in [0.2, 0.25) is 5.91 Å². The molecule has 1 amide bonds. The summed E-state index contributed by atoms with van der Waals surface area (Å²) in [4.78, 5) is 27.0. The number of benzene rings is 3. The smallest absolute Gasteiger partial charge is 0.337 e. The Labute approximate surface area is 192 Å². The highest BCUT2D eigenvalue weighted by Gasteiger charge is 2.36. The minimum absolute atomic E-state index is 0.0682. The quantitative estimate of drug-likeness (QED) is 0.528. The molecule has 7 nitrogen and oxygen atoms in total. The van der Waals surface area contributed by atoms with Crippen LogP contribution in [-0.4, -0.2) is 40.3 Å². The second-order valence-electron chi connectivity index (χ2n) is 7.56. The van der Waals surface area contributed by atoms with Gasteiger partial charge in [-0.05, 0) is 65.2 Å². The van der Waals surface area contributed by atoms with Crippen LogP contribution in [0.5, 0.6) is 17.2 Å². The van der Waals surface area contributed by atoms with Gasteiger partial charge in [-0.15, -0.1) is 0 Å². The number of amides is 1. The molecule has 0 N–H and O–H groups in total. The van der Waals surface area contributed by atoms with E-state index in [0.717, 1.165) is 22.4 Å². The first-order valence-corrected chi connectivity index (χ1v) is 10.4. The minimum Gasteiger partial charge on any atom is -0.497 e. The number of rotatable bonds is 6. The zero-order chi connectivity index (χ0) is 23.5. The standard InChI is InChI=1S/C26H25NO6/c1-30-20-11-7-16(8-12-20)25-21-15-23(32-3)22(31-2)13-18(21)14-24(28)27(25)19-9-5-17(6-10-19)26(29)33-4/h5-13,15,25H,14H2,1-4H3/t25-/m1/s1. The van der Waals surface area contributed by atoms with E-state index >= 15 is 0 Å². The first-order chi connectivity index (χ1) is 16.0. The van der Waals surface area contributed by atoms with Gasteiger partial charge < -0.3 is 23.8 Å². The van der Waals surface area contributed by atoms with Crippen molar-refractivity contribution in [2.45, 2.75) is 12.5 Å². The molecule has 0 aromatic heterocycles. The van der Waals surface area contributed by atoms with E-state index in [1.165, 1.54) is 7.11 Å². The predicted octanol–water partition coefficient (Wildman–Crippen LogP) is 4.18. The number of anilines is 1. The highest BCUT2D eigenvalue weighted by molar-refractivity contribution is 5.99. The zero-order valence-electron chi connectivity index (χ0n) is 19.0. The number of nitrogens with zero attached hydrogens (tertiary/aromatic N) is 1. The van der Waals surface area contributed by atoms with E-state index in [9.17, 15) is 9.59 Å². The van der Waals surface area contributed by atoms with Crippen LogP contribution < -0.4 is 19.1 Å². The van der Waals surface area contributed by atoms with Crippen LogP contribution in [0.1, 0.15) is 33.1 Å². The van der Waals surface area contributed by atoms with Crippen LogP contribution in [0.4, 0.5) is 5.69 Å². The first-order valence-electron chi connectivity index (χ1n) is 10.4. The number of ether oxygens (including phenoxy) is 4. The van der Waals surface area contributed by atoms with E-state index in [4.69, 9.17) is 18.9 Å². The van der Waals surface area contributed by atoms with Crippen LogP contribution in [0.3, 0.4) is 0 Å². The summed E-state index contributed by atoms with van der Waals surface area (Å²) in [5.41, 5.74) is 3.82.